The Bertz CT molecular complexity index is 722. The number of carbonyl (C=O) groups excluding carboxylic acids is 1. The van der Waals surface area contributed by atoms with Gasteiger partial charge in [0, 0.05) is 12.6 Å². The fraction of sp³-hybridized carbons (Fsp3) is 0.412. The summed E-state index contributed by atoms with van der Waals surface area (Å²) in [4.78, 5) is 24.6. The van der Waals surface area contributed by atoms with E-state index in [2.05, 4.69) is 10.4 Å². The van der Waals surface area contributed by atoms with E-state index in [4.69, 9.17) is 5.73 Å². The van der Waals surface area contributed by atoms with Gasteiger partial charge < -0.3 is 11.1 Å². The molecule has 2 aromatic rings. The summed E-state index contributed by atoms with van der Waals surface area (Å²) in [7, 11) is 0. The highest BCUT2D eigenvalue weighted by Gasteiger charge is 2.27. The minimum atomic E-state index is -0.445. The first-order valence-electron chi connectivity index (χ1n) is 7.86. The number of hydrogen-bond donors (Lipinski definition) is 3. The van der Waals surface area contributed by atoms with Gasteiger partial charge in [0.15, 0.2) is 0 Å². The fourth-order valence-corrected chi connectivity index (χ4v) is 2.47. The van der Waals surface area contributed by atoms with Gasteiger partial charge in [-0.2, -0.15) is 0 Å². The third kappa shape index (κ3) is 4.07. The van der Waals surface area contributed by atoms with Crippen molar-refractivity contribution in [1.82, 2.24) is 15.1 Å². The highest BCUT2D eigenvalue weighted by Crippen LogP contribution is 2.14. The zero-order chi connectivity index (χ0) is 17.0. The molecule has 0 radical (unpaired) electrons. The molecule has 6 nitrogen and oxygen atoms in total. The van der Waals surface area contributed by atoms with Crippen molar-refractivity contribution in [3.05, 3.63) is 51.9 Å². The number of aromatic nitrogens is 2. The number of hydrogen-bond acceptors (Lipinski definition) is 3. The van der Waals surface area contributed by atoms with Crippen molar-refractivity contribution < 1.29 is 4.79 Å². The van der Waals surface area contributed by atoms with Crippen LogP contribution < -0.4 is 16.6 Å². The van der Waals surface area contributed by atoms with E-state index in [1.807, 2.05) is 45.0 Å². The number of amides is 1. The van der Waals surface area contributed by atoms with Gasteiger partial charge in [-0.15, -0.1) is 12.4 Å². The summed E-state index contributed by atoms with van der Waals surface area (Å²) in [5.41, 5.74) is 7.11. The molecule has 132 valence electrons. The normalized spacial score (nSPS) is 11.0. The summed E-state index contributed by atoms with van der Waals surface area (Å²) in [6.45, 7) is 6.30. The van der Waals surface area contributed by atoms with E-state index >= 15 is 0 Å². The van der Waals surface area contributed by atoms with Crippen molar-refractivity contribution in [1.29, 1.82) is 0 Å². The molecular formula is C17H25ClN4O2. The molecule has 1 heterocycles. The molecule has 0 saturated carbocycles. The predicted octanol–water partition coefficient (Wildman–Crippen LogP) is 2.14. The number of carbonyl (C=O) groups is 1. The van der Waals surface area contributed by atoms with E-state index in [0.717, 1.165) is 18.4 Å². The molecule has 0 aliphatic rings. The number of H-pyrrole nitrogens is 1. The number of nitrogens with one attached hydrogen (secondary N) is 2. The van der Waals surface area contributed by atoms with E-state index in [9.17, 15) is 9.59 Å². The van der Waals surface area contributed by atoms with Crippen LogP contribution in [0, 0.1) is 6.92 Å². The Morgan fingerprint density at radius 2 is 1.83 bits per heavy atom. The van der Waals surface area contributed by atoms with Gasteiger partial charge in [-0.3, -0.25) is 14.7 Å². The van der Waals surface area contributed by atoms with Crippen LogP contribution in [0.2, 0.25) is 0 Å². The first-order valence-corrected chi connectivity index (χ1v) is 7.86. The Hall–Kier alpha value is -2.05. The minimum absolute atomic E-state index is 0. The molecule has 7 heteroatoms. The molecule has 0 fully saturated rings. The third-order valence-corrected chi connectivity index (χ3v) is 4.38. The molecule has 0 unspecified atom stereocenters. The largest absolute Gasteiger partial charge is 0.344 e. The molecule has 1 aromatic carbocycles. The zero-order valence-corrected chi connectivity index (χ0v) is 15.1. The van der Waals surface area contributed by atoms with Gasteiger partial charge in [0.05, 0.1) is 11.2 Å². The molecule has 0 aliphatic carbocycles. The number of rotatable bonds is 6. The maximum atomic E-state index is 12.4. The lowest BCUT2D eigenvalue weighted by atomic mass is 9.93. The van der Waals surface area contributed by atoms with E-state index in [1.54, 1.807) is 0 Å². The number of nitrogens with zero attached hydrogens (tertiary/aromatic N) is 1. The van der Waals surface area contributed by atoms with Crippen LogP contribution >= 0.6 is 12.4 Å². The number of aromatic amines is 1. The van der Waals surface area contributed by atoms with Crippen molar-refractivity contribution in [2.24, 2.45) is 5.73 Å². The van der Waals surface area contributed by atoms with Gasteiger partial charge in [-0.05, 0) is 31.9 Å². The smallest absolute Gasteiger partial charge is 0.271 e. The lowest BCUT2D eigenvalue weighted by molar-refractivity contribution is 0.0889. The predicted molar refractivity (Wildman–Crippen MR) is 98.2 cm³/mol. The maximum absolute atomic E-state index is 12.4. The first kappa shape index (κ1) is 20.0. The highest BCUT2D eigenvalue weighted by molar-refractivity contribution is 5.92. The highest BCUT2D eigenvalue weighted by atomic mass is 35.5. The average molecular weight is 353 g/mol. The topological polar surface area (TPSA) is 92.9 Å². The Kier molecular flexibility index (Phi) is 6.81. The summed E-state index contributed by atoms with van der Waals surface area (Å²) in [5, 5.41) is 5.81. The van der Waals surface area contributed by atoms with Crippen LogP contribution in [0.3, 0.4) is 0 Å². The second-order valence-electron chi connectivity index (χ2n) is 5.82. The molecule has 1 aromatic heterocycles. The Morgan fingerprint density at radius 1 is 1.25 bits per heavy atom. The van der Waals surface area contributed by atoms with Crippen molar-refractivity contribution in [2.75, 3.05) is 6.54 Å². The number of benzene rings is 1. The minimum Gasteiger partial charge on any atom is -0.344 e. The molecule has 0 spiro atoms. The van der Waals surface area contributed by atoms with Crippen molar-refractivity contribution in [3.63, 3.8) is 0 Å². The standard InChI is InChI=1S/C17H24N4O2.ClH/c1-4-17(5-2,11-18)19-16(23)14-10-15(22)21(20-14)13-8-6-12(3)7-9-13;/h6-10,20H,4-5,11,18H2,1-3H3,(H,19,23);1H. The number of nitrogens with two attached hydrogens (primary N) is 1. The Labute approximate surface area is 147 Å². The van der Waals surface area contributed by atoms with Crippen LogP contribution in [0.1, 0.15) is 42.7 Å². The molecule has 4 N–H and O–H groups in total. The molecule has 2 rings (SSSR count). The summed E-state index contributed by atoms with van der Waals surface area (Å²) >= 11 is 0. The summed E-state index contributed by atoms with van der Waals surface area (Å²) in [5.74, 6) is -0.317. The molecule has 24 heavy (non-hydrogen) atoms. The van der Waals surface area contributed by atoms with Crippen LogP contribution in [0.5, 0.6) is 0 Å². The van der Waals surface area contributed by atoms with Crippen LogP contribution in [0.4, 0.5) is 0 Å². The second-order valence-corrected chi connectivity index (χ2v) is 5.82. The number of aryl methyl sites for hydroxylation is 1. The van der Waals surface area contributed by atoms with Gasteiger partial charge in [0.1, 0.15) is 5.69 Å². The van der Waals surface area contributed by atoms with Gasteiger partial charge in [0.25, 0.3) is 11.5 Å². The molecule has 0 atom stereocenters. The maximum Gasteiger partial charge on any atom is 0.271 e. The van der Waals surface area contributed by atoms with E-state index < -0.39 is 5.54 Å². The van der Waals surface area contributed by atoms with Crippen molar-refractivity contribution in [2.45, 2.75) is 39.2 Å². The second kappa shape index (κ2) is 8.17. The molecule has 1 amide bonds. The van der Waals surface area contributed by atoms with Gasteiger partial charge in [-0.1, -0.05) is 31.5 Å². The van der Waals surface area contributed by atoms with E-state index in [0.29, 0.717) is 12.2 Å². The quantitative estimate of drug-likeness (QED) is 0.743. The van der Waals surface area contributed by atoms with Gasteiger partial charge in [-0.25, -0.2) is 4.68 Å². The van der Waals surface area contributed by atoms with Crippen LogP contribution in [0.25, 0.3) is 5.69 Å². The summed E-state index contributed by atoms with van der Waals surface area (Å²) in [6, 6.07) is 8.79. The van der Waals surface area contributed by atoms with E-state index in [1.165, 1.54) is 10.7 Å². The van der Waals surface area contributed by atoms with Crippen molar-refractivity contribution >= 4 is 18.3 Å². The Balaban J connectivity index is 0.00000288. The zero-order valence-electron chi connectivity index (χ0n) is 14.3. The van der Waals surface area contributed by atoms with Crippen LogP contribution in [-0.2, 0) is 0 Å². The van der Waals surface area contributed by atoms with Crippen molar-refractivity contribution in [3.8, 4) is 5.69 Å². The molecular weight excluding hydrogens is 328 g/mol. The van der Waals surface area contributed by atoms with E-state index in [-0.39, 0.29) is 29.6 Å². The average Bonchev–Trinajstić information content (AvgIpc) is 2.95. The monoisotopic (exact) mass is 352 g/mol. The SMILES string of the molecule is CCC(CC)(CN)NC(=O)c1cc(=O)n(-c2ccc(C)cc2)[nH]1.Cl. The summed E-state index contributed by atoms with van der Waals surface area (Å²) < 4.78 is 1.36. The van der Waals surface area contributed by atoms with Gasteiger partial charge in [0.2, 0.25) is 0 Å². The third-order valence-electron chi connectivity index (χ3n) is 4.38. The lowest BCUT2D eigenvalue weighted by Crippen LogP contribution is -2.53. The number of halogens is 1. The van der Waals surface area contributed by atoms with Crippen LogP contribution in [0.15, 0.2) is 35.1 Å². The first-order chi connectivity index (χ1) is 10.9. The molecule has 0 aliphatic heterocycles. The van der Waals surface area contributed by atoms with Gasteiger partial charge >= 0.3 is 0 Å². The molecule has 0 saturated heterocycles. The molecule has 0 bridgehead atoms. The Morgan fingerprint density at radius 3 is 2.33 bits per heavy atom. The lowest BCUT2D eigenvalue weighted by Gasteiger charge is -2.31. The fourth-order valence-electron chi connectivity index (χ4n) is 2.47. The van der Waals surface area contributed by atoms with Crippen LogP contribution in [-0.4, -0.2) is 27.8 Å². The summed E-state index contributed by atoms with van der Waals surface area (Å²) in [6.07, 6.45) is 1.46.